The highest BCUT2D eigenvalue weighted by atomic mass is 127. The van der Waals surface area contributed by atoms with Gasteiger partial charge in [0.15, 0.2) is 5.96 Å². The van der Waals surface area contributed by atoms with Crippen LogP contribution in [0, 0.1) is 20.8 Å². The van der Waals surface area contributed by atoms with Crippen molar-refractivity contribution in [1.29, 1.82) is 0 Å². The highest BCUT2D eigenvalue weighted by Gasteiger charge is 2.06. The first-order chi connectivity index (χ1) is 10.6. The normalized spacial score (nSPS) is 11.0. The van der Waals surface area contributed by atoms with E-state index in [1.54, 1.807) is 0 Å². The first kappa shape index (κ1) is 19.5. The van der Waals surface area contributed by atoms with E-state index in [1.807, 2.05) is 32.9 Å². The molecule has 0 aliphatic carbocycles. The van der Waals surface area contributed by atoms with E-state index in [4.69, 9.17) is 4.42 Å². The van der Waals surface area contributed by atoms with Gasteiger partial charge in [-0.1, -0.05) is 24.3 Å². The number of hydrogen-bond acceptors (Lipinski definition) is 3. The Morgan fingerprint density at radius 2 is 1.91 bits per heavy atom. The summed E-state index contributed by atoms with van der Waals surface area (Å²) in [4.78, 5) is 8.98. The van der Waals surface area contributed by atoms with Crippen molar-refractivity contribution in [3.63, 3.8) is 0 Å². The summed E-state index contributed by atoms with van der Waals surface area (Å²) in [5.74, 6) is 2.30. The lowest BCUT2D eigenvalue weighted by atomic mass is 10.1. The lowest BCUT2D eigenvalue weighted by molar-refractivity contribution is 0.463. The summed E-state index contributed by atoms with van der Waals surface area (Å²) in [6.45, 7) is 9.99. The zero-order valence-corrected chi connectivity index (χ0v) is 16.5. The number of hydrogen-bond donors (Lipinski definition) is 2. The monoisotopic (exact) mass is 428 g/mol. The van der Waals surface area contributed by atoms with E-state index in [2.05, 4.69) is 39.7 Å². The molecule has 2 aromatic rings. The van der Waals surface area contributed by atoms with Gasteiger partial charge < -0.3 is 15.1 Å². The molecule has 0 radical (unpaired) electrons. The summed E-state index contributed by atoms with van der Waals surface area (Å²) in [5.41, 5.74) is 3.40. The van der Waals surface area contributed by atoms with Gasteiger partial charge in [0.1, 0.15) is 5.76 Å². The van der Waals surface area contributed by atoms with Gasteiger partial charge in [-0.2, -0.15) is 0 Å². The smallest absolute Gasteiger partial charge is 0.214 e. The van der Waals surface area contributed by atoms with E-state index in [0.717, 1.165) is 24.0 Å². The van der Waals surface area contributed by atoms with Gasteiger partial charge >= 0.3 is 0 Å². The lowest BCUT2D eigenvalue weighted by Gasteiger charge is -2.10. The Labute approximate surface area is 155 Å². The number of nitrogens with one attached hydrogen (secondary N) is 2. The molecule has 0 bridgehead atoms. The largest absolute Gasteiger partial charge is 0.444 e. The summed E-state index contributed by atoms with van der Waals surface area (Å²) in [6.07, 6.45) is 0. The zero-order valence-electron chi connectivity index (χ0n) is 14.1. The summed E-state index contributed by atoms with van der Waals surface area (Å²) >= 11 is 0. The molecule has 1 heterocycles. The molecule has 2 rings (SSSR count). The summed E-state index contributed by atoms with van der Waals surface area (Å²) in [5, 5.41) is 6.48. The maximum absolute atomic E-state index is 5.57. The topological polar surface area (TPSA) is 62.5 Å². The van der Waals surface area contributed by atoms with Crippen LogP contribution in [0.15, 0.2) is 33.7 Å². The van der Waals surface area contributed by atoms with Crippen LogP contribution in [0.2, 0.25) is 0 Å². The number of nitrogens with zero attached hydrogens (tertiary/aromatic N) is 2. The molecular weight excluding hydrogens is 403 g/mol. The summed E-state index contributed by atoms with van der Waals surface area (Å²) in [7, 11) is 0. The Bertz CT molecular complexity index is 632. The maximum atomic E-state index is 5.57. The van der Waals surface area contributed by atoms with Crippen molar-refractivity contribution < 1.29 is 4.42 Å². The molecule has 23 heavy (non-hydrogen) atoms. The molecule has 0 saturated heterocycles. The van der Waals surface area contributed by atoms with Crippen molar-refractivity contribution in [2.45, 2.75) is 40.8 Å². The minimum Gasteiger partial charge on any atom is -0.444 e. The molecular formula is C17H25IN4O. The highest BCUT2D eigenvalue weighted by molar-refractivity contribution is 14.0. The minimum atomic E-state index is 0. The Morgan fingerprint density at radius 3 is 2.52 bits per heavy atom. The van der Waals surface area contributed by atoms with Crippen LogP contribution in [-0.4, -0.2) is 17.5 Å². The van der Waals surface area contributed by atoms with Gasteiger partial charge in [0.25, 0.3) is 0 Å². The van der Waals surface area contributed by atoms with Crippen LogP contribution in [0.3, 0.4) is 0 Å². The second-order valence-corrected chi connectivity index (χ2v) is 5.22. The molecule has 1 aromatic carbocycles. The van der Waals surface area contributed by atoms with E-state index in [9.17, 15) is 0 Å². The third-order valence-electron chi connectivity index (χ3n) is 3.49. The van der Waals surface area contributed by atoms with Crippen molar-refractivity contribution in [2.75, 3.05) is 6.54 Å². The first-order valence-corrected chi connectivity index (χ1v) is 7.59. The number of benzene rings is 1. The van der Waals surface area contributed by atoms with Crippen molar-refractivity contribution >= 4 is 29.9 Å². The van der Waals surface area contributed by atoms with Crippen LogP contribution in [-0.2, 0) is 13.1 Å². The number of rotatable bonds is 5. The third-order valence-corrected chi connectivity index (χ3v) is 3.49. The van der Waals surface area contributed by atoms with Crippen LogP contribution in [0.1, 0.15) is 35.4 Å². The molecule has 0 aliphatic rings. The van der Waals surface area contributed by atoms with Crippen LogP contribution < -0.4 is 10.6 Å². The number of oxazole rings is 1. The van der Waals surface area contributed by atoms with E-state index in [0.29, 0.717) is 19.0 Å². The Hall–Kier alpha value is -1.57. The number of aryl methyl sites for hydroxylation is 3. The predicted octanol–water partition coefficient (Wildman–Crippen LogP) is 3.47. The van der Waals surface area contributed by atoms with Crippen LogP contribution in [0.5, 0.6) is 0 Å². The van der Waals surface area contributed by atoms with Gasteiger partial charge in [0, 0.05) is 6.54 Å². The average molecular weight is 428 g/mol. The summed E-state index contributed by atoms with van der Waals surface area (Å²) < 4.78 is 5.57. The van der Waals surface area contributed by atoms with Crippen LogP contribution >= 0.6 is 24.0 Å². The quantitative estimate of drug-likeness (QED) is 0.435. The van der Waals surface area contributed by atoms with Gasteiger partial charge in [-0.15, -0.1) is 24.0 Å². The first-order valence-electron chi connectivity index (χ1n) is 7.59. The lowest BCUT2D eigenvalue weighted by Crippen LogP contribution is -2.36. The van der Waals surface area contributed by atoms with Crippen molar-refractivity contribution in [2.24, 2.45) is 4.99 Å². The molecule has 6 heteroatoms. The fraction of sp³-hybridized carbons (Fsp3) is 0.412. The Balaban J connectivity index is 0.00000264. The SMILES string of the molecule is CCNC(=NCc1ccccc1C)NCc1nc(C)c(C)o1.I. The molecule has 0 spiro atoms. The van der Waals surface area contributed by atoms with E-state index in [-0.39, 0.29) is 24.0 Å². The maximum Gasteiger partial charge on any atom is 0.214 e. The van der Waals surface area contributed by atoms with Gasteiger partial charge in [0.05, 0.1) is 18.8 Å². The average Bonchev–Trinajstić information content (AvgIpc) is 2.82. The molecule has 0 fully saturated rings. The van der Waals surface area contributed by atoms with E-state index in [1.165, 1.54) is 11.1 Å². The molecule has 1 aromatic heterocycles. The molecule has 0 saturated carbocycles. The van der Waals surface area contributed by atoms with Gasteiger partial charge in [-0.25, -0.2) is 9.98 Å². The number of guanidine groups is 1. The Kier molecular flexibility index (Phi) is 8.08. The third kappa shape index (κ3) is 5.85. The van der Waals surface area contributed by atoms with Gasteiger partial charge in [-0.3, -0.25) is 0 Å². The molecule has 0 aliphatic heterocycles. The molecule has 5 nitrogen and oxygen atoms in total. The molecule has 126 valence electrons. The van der Waals surface area contributed by atoms with Crippen molar-refractivity contribution in [3.8, 4) is 0 Å². The van der Waals surface area contributed by atoms with Crippen LogP contribution in [0.25, 0.3) is 0 Å². The zero-order chi connectivity index (χ0) is 15.9. The standard InChI is InChI=1S/C17H24N4O.HI/c1-5-18-17(19-10-15-9-7-6-8-12(15)2)20-11-16-21-13(3)14(4)22-16;/h6-9H,5,10-11H2,1-4H3,(H2,18,19,20);1H. The second-order valence-electron chi connectivity index (χ2n) is 5.22. The molecule has 0 atom stereocenters. The molecule has 0 unspecified atom stereocenters. The van der Waals surface area contributed by atoms with Crippen LogP contribution in [0.4, 0.5) is 0 Å². The van der Waals surface area contributed by atoms with E-state index < -0.39 is 0 Å². The second kappa shape index (κ2) is 9.54. The predicted molar refractivity (Wildman–Crippen MR) is 104 cm³/mol. The molecule has 2 N–H and O–H groups in total. The number of aliphatic imine (C=N–C) groups is 1. The number of halogens is 1. The van der Waals surface area contributed by atoms with E-state index >= 15 is 0 Å². The van der Waals surface area contributed by atoms with Crippen molar-refractivity contribution in [3.05, 3.63) is 52.7 Å². The van der Waals surface area contributed by atoms with Gasteiger partial charge in [0.2, 0.25) is 5.89 Å². The van der Waals surface area contributed by atoms with Crippen molar-refractivity contribution in [1.82, 2.24) is 15.6 Å². The summed E-state index contributed by atoms with van der Waals surface area (Å²) in [6, 6.07) is 8.28. The van der Waals surface area contributed by atoms with Gasteiger partial charge in [-0.05, 0) is 38.8 Å². The minimum absolute atomic E-state index is 0. The fourth-order valence-corrected chi connectivity index (χ4v) is 2.07. The molecule has 0 amide bonds. The highest BCUT2D eigenvalue weighted by Crippen LogP contribution is 2.09. The fourth-order valence-electron chi connectivity index (χ4n) is 2.07. The number of aromatic nitrogens is 1. The Morgan fingerprint density at radius 1 is 1.17 bits per heavy atom.